The topological polar surface area (TPSA) is 98.1 Å². The minimum atomic E-state index is -1.82. The molecule has 0 amide bonds. The van der Waals surface area contributed by atoms with Crippen LogP contribution < -0.4 is 0 Å². The smallest absolute Gasteiger partial charge is 0.414 e. The Kier molecular flexibility index (Phi) is 5.82. The van der Waals surface area contributed by atoms with Gasteiger partial charge >= 0.3 is 11.9 Å². The maximum Gasteiger partial charge on any atom is 0.414 e. The van der Waals surface area contributed by atoms with Crippen LogP contribution in [0.4, 0.5) is 0 Å². The summed E-state index contributed by atoms with van der Waals surface area (Å²) in [5.74, 6) is -3.65. The third-order valence-electron chi connectivity index (χ3n) is 5.93. The van der Waals surface area contributed by atoms with E-state index >= 15 is 0 Å². The number of carbonyl (C=O) groups is 2. The van der Waals surface area contributed by atoms with E-state index in [0.29, 0.717) is 0 Å². The number of likely N-dealkylation sites (N-methyl/N-ethyl adjacent to an activating group) is 1. The molecular weight excluding hydrogens is 358 g/mol. The molecule has 1 aliphatic heterocycles. The zero-order valence-electron chi connectivity index (χ0n) is 15.8. The van der Waals surface area contributed by atoms with Gasteiger partial charge < -0.3 is 15.3 Å². The van der Waals surface area contributed by atoms with Crippen LogP contribution >= 0.6 is 0 Å². The number of aliphatic hydroxyl groups excluding tert-OH is 1. The van der Waals surface area contributed by atoms with E-state index in [-0.39, 0.29) is 17.7 Å². The number of hydrogen-bond acceptors (Lipinski definition) is 4. The molecule has 1 heterocycles. The number of benzene rings is 2. The number of hydrogen-bond donors (Lipinski definition) is 3. The predicted octanol–water partition coefficient (Wildman–Crippen LogP) is 2.81. The molecule has 0 radical (unpaired) electrons. The van der Waals surface area contributed by atoms with Gasteiger partial charge in [0.25, 0.3) is 0 Å². The molecule has 2 aromatic carbocycles. The van der Waals surface area contributed by atoms with Gasteiger partial charge in [-0.15, -0.1) is 0 Å². The summed E-state index contributed by atoms with van der Waals surface area (Å²) in [7, 11) is 2.08. The fourth-order valence-electron chi connectivity index (χ4n) is 4.45. The molecule has 0 aromatic heterocycles. The van der Waals surface area contributed by atoms with E-state index in [4.69, 9.17) is 19.8 Å². The van der Waals surface area contributed by atoms with E-state index in [0.717, 1.165) is 6.42 Å². The molecule has 0 saturated heterocycles. The Hall–Kier alpha value is -2.70. The van der Waals surface area contributed by atoms with Crippen molar-refractivity contribution in [3.8, 4) is 0 Å². The molecule has 0 spiro atoms. The second kappa shape index (κ2) is 8.12. The number of nitrogens with zero attached hydrogens (tertiary/aromatic N) is 1. The van der Waals surface area contributed by atoms with E-state index in [9.17, 15) is 5.11 Å². The second-order valence-electron chi connectivity index (χ2n) is 7.44. The van der Waals surface area contributed by atoms with E-state index < -0.39 is 11.9 Å². The maximum absolute atomic E-state index is 10.6. The van der Waals surface area contributed by atoms with Crippen LogP contribution in [0.1, 0.15) is 42.0 Å². The Labute approximate surface area is 164 Å². The summed E-state index contributed by atoms with van der Waals surface area (Å²) in [5, 5.41) is 25.3. The Morgan fingerprint density at radius 2 is 1.54 bits per heavy atom. The van der Waals surface area contributed by atoms with E-state index in [1.807, 2.05) is 0 Å². The van der Waals surface area contributed by atoms with Gasteiger partial charge in [0, 0.05) is 17.9 Å². The largest absolute Gasteiger partial charge is 0.473 e. The average molecular weight is 383 g/mol. The highest BCUT2D eigenvalue weighted by atomic mass is 16.4. The van der Waals surface area contributed by atoms with Crippen LogP contribution in [0.15, 0.2) is 54.6 Å². The first kappa shape index (κ1) is 20.0. The number of carboxylic acid groups (broad SMARTS) is 2. The molecule has 0 bridgehead atoms. The van der Waals surface area contributed by atoms with Gasteiger partial charge in [0.2, 0.25) is 0 Å². The standard InChI is InChI=1S/C20H23NO.C2H2O4/c1-21-18(22)14-15-8-5-6-11-17(15)19(21)20(12-7-13-20)16-9-3-2-4-10-16;3-1(4)2(5)6/h2-6,8-11,18-19,22H,7,12-14H2,1H3;(H,3,4)(H,5,6). The summed E-state index contributed by atoms with van der Waals surface area (Å²) in [5.41, 5.74) is 4.27. The number of aliphatic carboxylic acids is 2. The van der Waals surface area contributed by atoms with Crippen molar-refractivity contribution in [1.82, 2.24) is 4.90 Å². The zero-order valence-corrected chi connectivity index (χ0v) is 15.8. The third kappa shape index (κ3) is 3.66. The van der Waals surface area contributed by atoms with E-state index in [1.54, 1.807) is 0 Å². The van der Waals surface area contributed by atoms with E-state index in [2.05, 4.69) is 66.5 Å². The predicted molar refractivity (Wildman–Crippen MR) is 104 cm³/mol. The lowest BCUT2D eigenvalue weighted by atomic mass is 9.57. The van der Waals surface area contributed by atoms with Gasteiger partial charge in [-0.25, -0.2) is 9.59 Å². The molecule has 1 aliphatic carbocycles. The van der Waals surface area contributed by atoms with Gasteiger partial charge in [-0.2, -0.15) is 0 Å². The van der Waals surface area contributed by atoms with Crippen LogP contribution in [-0.2, 0) is 21.4 Å². The molecule has 1 fully saturated rings. The third-order valence-corrected chi connectivity index (χ3v) is 5.93. The monoisotopic (exact) mass is 383 g/mol. The molecule has 2 aromatic rings. The SMILES string of the molecule is CN1C(O)Cc2ccccc2C1C1(c2ccccc2)CCC1.O=C(O)C(=O)O. The van der Waals surface area contributed by atoms with Crippen molar-refractivity contribution in [1.29, 1.82) is 0 Å². The first-order valence-corrected chi connectivity index (χ1v) is 9.36. The Morgan fingerprint density at radius 1 is 0.964 bits per heavy atom. The van der Waals surface area contributed by atoms with Gasteiger partial charge in [0.05, 0.1) is 0 Å². The average Bonchev–Trinajstić information content (AvgIpc) is 2.65. The van der Waals surface area contributed by atoms with Crippen molar-refractivity contribution < 1.29 is 24.9 Å². The molecule has 2 aliphatic rings. The van der Waals surface area contributed by atoms with Crippen molar-refractivity contribution >= 4 is 11.9 Å². The van der Waals surface area contributed by atoms with Gasteiger partial charge in [-0.1, -0.05) is 61.0 Å². The fraction of sp³-hybridized carbons (Fsp3) is 0.364. The zero-order chi connectivity index (χ0) is 20.3. The molecule has 1 saturated carbocycles. The van der Waals surface area contributed by atoms with Crippen molar-refractivity contribution in [2.75, 3.05) is 7.05 Å². The highest BCUT2D eigenvalue weighted by Gasteiger charge is 2.50. The second-order valence-corrected chi connectivity index (χ2v) is 7.44. The summed E-state index contributed by atoms with van der Waals surface area (Å²) in [6.45, 7) is 0. The molecule has 28 heavy (non-hydrogen) atoms. The van der Waals surface area contributed by atoms with Crippen LogP contribution in [0.25, 0.3) is 0 Å². The molecule has 6 heteroatoms. The van der Waals surface area contributed by atoms with Crippen molar-refractivity contribution in [2.24, 2.45) is 0 Å². The highest BCUT2D eigenvalue weighted by molar-refractivity contribution is 6.27. The lowest BCUT2D eigenvalue weighted by Gasteiger charge is -2.54. The summed E-state index contributed by atoms with van der Waals surface area (Å²) in [6.07, 6.45) is 4.02. The molecule has 4 rings (SSSR count). The van der Waals surface area contributed by atoms with Gasteiger partial charge in [-0.3, -0.25) is 4.90 Å². The maximum atomic E-state index is 10.6. The highest BCUT2D eigenvalue weighted by Crippen LogP contribution is 2.56. The van der Waals surface area contributed by atoms with Crippen LogP contribution in [0.3, 0.4) is 0 Å². The summed E-state index contributed by atoms with van der Waals surface area (Å²) < 4.78 is 0. The Bertz CT molecular complexity index is 835. The minimum absolute atomic E-state index is 0.146. The molecule has 2 unspecified atom stereocenters. The van der Waals surface area contributed by atoms with Gasteiger partial charge in [0.15, 0.2) is 0 Å². The number of rotatable bonds is 2. The molecule has 6 nitrogen and oxygen atoms in total. The Balaban J connectivity index is 0.000000330. The lowest BCUT2D eigenvalue weighted by Crippen LogP contribution is -2.53. The summed E-state index contributed by atoms with van der Waals surface area (Å²) >= 11 is 0. The lowest BCUT2D eigenvalue weighted by molar-refractivity contribution is -0.159. The molecule has 3 N–H and O–H groups in total. The van der Waals surface area contributed by atoms with Crippen molar-refractivity contribution in [2.45, 2.75) is 43.4 Å². The van der Waals surface area contributed by atoms with E-state index in [1.165, 1.54) is 36.0 Å². The van der Waals surface area contributed by atoms with Crippen molar-refractivity contribution in [3.05, 3.63) is 71.3 Å². The summed E-state index contributed by atoms with van der Waals surface area (Å²) in [6, 6.07) is 19.8. The molecular formula is C22H25NO5. The first-order chi connectivity index (χ1) is 13.4. The van der Waals surface area contributed by atoms with Crippen LogP contribution in [0.5, 0.6) is 0 Å². The summed E-state index contributed by atoms with van der Waals surface area (Å²) in [4.78, 5) is 20.4. The number of fused-ring (bicyclic) bond motifs is 1. The Morgan fingerprint density at radius 3 is 2.07 bits per heavy atom. The van der Waals surface area contributed by atoms with Crippen LogP contribution in [-0.4, -0.2) is 45.4 Å². The number of aliphatic hydroxyl groups is 1. The van der Waals surface area contributed by atoms with Crippen molar-refractivity contribution in [3.63, 3.8) is 0 Å². The number of carboxylic acids is 2. The van der Waals surface area contributed by atoms with Crippen LogP contribution in [0.2, 0.25) is 0 Å². The molecule has 148 valence electrons. The van der Waals surface area contributed by atoms with Gasteiger partial charge in [0.1, 0.15) is 6.23 Å². The molecule has 2 atom stereocenters. The minimum Gasteiger partial charge on any atom is -0.473 e. The van der Waals surface area contributed by atoms with Crippen LogP contribution in [0, 0.1) is 0 Å². The quantitative estimate of drug-likeness (QED) is 0.690. The van der Waals surface area contributed by atoms with Gasteiger partial charge in [-0.05, 0) is 36.6 Å². The normalized spacial score (nSPS) is 22.8. The first-order valence-electron chi connectivity index (χ1n) is 9.36. The fourth-order valence-corrected chi connectivity index (χ4v) is 4.45.